The van der Waals surface area contributed by atoms with Crippen molar-refractivity contribution in [3.63, 3.8) is 0 Å². The molecule has 168 valence electrons. The van der Waals surface area contributed by atoms with Gasteiger partial charge in [-0.2, -0.15) is 0 Å². The van der Waals surface area contributed by atoms with E-state index in [1.807, 2.05) is 6.07 Å². The standard InChI is InChI=1S/C22H22FN3O5S/c23-14-7-4-8-15(9-14)31-11-22(21(29)30)10-26-19(28)17(20(26)32-12-22)25-18(27)16(24)13-5-2-1-3-6-13/h1-9,16-17,20H,10-12,24H2,(H,25,27)(H,29,30)/t16?,17?,20-,22?/m1/s1. The van der Waals surface area contributed by atoms with Crippen molar-refractivity contribution in [1.82, 2.24) is 10.2 Å². The second kappa shape index (κ2) is 8.79. The average Bonchev–Trinajstić information content (AvgIpc) is 2.80. The second-order valence-corrected chi connectivity index (χ2v) is 8.98. The van der Waals surface area contributed by atoms with Crippen molar-refractivity contribution < 1.29 is 28.6 Å². The summed E-state index contributed by atoms with van der Waals surface area (Å²) in [5.41, 5.74) is 5.28. The van der Waals surface area contributed by atoms with Crippen LogP contribution >= 0.6 is 11.8 Å². The first-order chi connectivity index (χ1) is 15.3. The zero-order valence-electron chi connectivity index (χ0n) is 16.9. The van der Waals surface area contributed by atoms with E-state index in [0.717, 1.165) is 0 Å². The smallest absolute Gasteiger partial charge is 0.315 e. The summed E-state index contributed by atoms with van der Waals surface area (Å²) in [6, 6.07) is 12.6. The summed E-state index contributed by atoms with van der Waals surface area (Å²) in [4.78, 5) is 38.7. The van der Waals surface area contributed by atoms with Crippen LogP contribution in [-0.2, 0) is 14.4 Å². The third-order valence-corrected chi connectivity index (χ3v) is 7.24. The van der Waals surface area contributed by atoms with E-state index < -0.39 is 35.2 Å². The molecule has 0 saturated carbocycles. The predicted molar refractivity (Wildman–Crippen MR) is 115 cm³/mol. The number of carbonyl (C=O) groups is 3. The number of amides is 2. The summed E-state index contributed by atoms with van der Waals surface area (Å²) in [6.45, 7) is -0.281. The van der Waals surface area contributed by atoms with Gasteiger partial charge in [0, 0.05) is 18.4 Å². The SMILES string of the molecule is NC(C(=O)NC1C(=O)N2CC(COc3cccc(F)c3)(C(=O)O)CS[C@H]12)c1ccccc1. The molecule has 2 aromatic carbocycles. The van der Waals surface area contributed by atoms with Gasteiger partial charge in [-0.15, -0.1) is 11.8 Å². The fraction of sp³-hybridized carbons (Fsp3) is 0.318. The Morgan fingerprint density at radius 1 is 1.28 bits per heavy atom. The normalized spacial score (nSPS) is 25.3. The van der Waals surface area contributed by atoms with Crippen LogP contribution in [0.15, 0.2) is 54.6 Å². The van der Waals surface area contributed by atoms with Crippen molar-refractivity contribution in [1.29, 1.82) is 0 Å². The number of carboxylic acids is 1. The number of rotatable bonds is 7. The lowest BCUT2D eigenvalue weighted by Crippen LogP contribution is -2.74. The Bertz CT molecular complexity index is 1040. The summed E-state index contributed by atoms with van der Waals surface area (Å²) < 4.78 is 18.9. The highest BCUT2D eigenvalue weighted by molar-refractivity contribution is 8.00. The van der Waals surface area contributed by atoms with Crippen molar-refractivity contribution in [3.8, 4) is 5.75 Å². The Labute approximate surface area is 187 Å². The van der Waals surface area contributed by atoms with Crippen molar-refractivity contribution in [3.05, 3.63) is 66.0 Å². The highest BCUT2D eigenvalue weighted by atomic mass is 32.2. The summed E-state index contributed by atoms with van der Waals surface area (Å²) in [5, 5.41) is 12.2. The number of nitrogens with two attached hydrogens (primary N) is 1. The molecule has 0 spiro atoms. The van der Waals surface area contributed by atoms with Gasteiger partial charge < -0.3 is 25.8 Å². The Morgan fingerprint density at radius 2 is 2.03 bits per heavy atom. The fourth-order valence-corrected chi connectivity index (χ4v) is 5.26. The summed E-state index contributed by atoms with van der Waals surface area (Å²) in [5.74, 6) is -2.05. The number of hydrogen-bond donors (Lipinski definition) is 3. The van der Waals surface area contributed by atoms with Crippen LogP contribution in [0.1, 0.15) is 11.6 Å². The molecule has 4 N–H and O–H groups in total. The molecule has 0 aromatic heterocycles. The van der Waals surface area contributed by atoms with Gasteiger partial charge in [-0.3, -0.25) is 14.4 Å². The number of nitrogens with zero attached hydrogens (tertiary/aromatic N) is 1. The molecule has 2 heterocycles. The van der Waals surface area contributed by atoms with Gasteiger partial charge in [-0.25, -0.2) is 4.39 Å². The molecule has 2 aliphatic heterocycles. The number of fused-ring (bicyclic) bond motifs is 1. The first-order valence-corrected chi connectivity index (χ1v) is 11.0. The maximum absolute atomic E-state index is 13.4. The molecule has 2 aromatic rings. The molecule has 10 heteroatoms. The van der Waals surface area contributed by atoms with Crippen LogP contribution in [0.25, 0.3) is 0 Å². The maximum atomic E-state index is 13.4. The lowest BCUT2D eigenvalue weighted by atomic mass is 9.88. The Hall–Kier alpha value is -3.11. The minimum atomic E-state index is -1.35. The molecule has 4 atom stereocenters. The van der Waals surface area contributed by atoms with E-state index in [4.69, 9.17) is 10.5 Å². The quantitative estimate of drug-likeness (QED) is 0.535. The zero-order valence-corrected chi connectivity index (χ0v) is 17.8. The highest BCUT2D eigenvalue weighted by Gasteiger charge is 2.58. The van der Waals surface area contributed by atoms with Crippen LogP contribution in [0.5, 0.6) is 5.75 Å². The van der Waals surface area contributed by atoms with E-state index in [0.29, 0.717) is 5.56 Å². The average molecular weight is 459 g/mol. The van der Waals surface area contributed by atoms with Gasteiger partial charge in [0.25, 0.3) is 0 Å². The van der Waals surface area contributed by atoms with Gasteiger partial charge in [-0.05, 0) is 17.7 Å². The van der Waals surface area contributed by atoms with Crippen LogP contribution in [0.4, 0.5) is 4.39 Å². The molecule has 32 heavy (non-hydrogen) atoms. The molecule has 2 aliphatic rings. The van der Waals surface area contributed by atoms with Crippen LogP contribution in [0.3, 0.4) is 0 Å². The Kier molecular flexibility index (Phi) is 6.07. The first-order valence-electron chi connectivity index (χ1n) is 9.95. The van der Waals surface area contributed by atoms with Gasteiger partial charge in [0.05, 0.1) is 0 Å². The van der Waals surface area contributed by atoms with E-state index >= 15 is 0 Å². The highest BCUT2D eigenvalue weighted by Crippen LogP contribution is 2.42. The number of carboxylic acid groups (broad SMARTS) is 1. The number of carbonyl (C=O) groups excluding carboxylic acids is 2. The van der Waals surface area contributed by atoms with Crippen molar-refractivity contribution in [2.75, 3.05) is 18.9 Å². The van der Waals surface area contributed by atoms with Gasteiger partial charge in [0.2, 0.25) is 11.8 Å². The Morgan fingerprint density at radius 3 is 2.72 bits per heavy atom. The van der Waals surface area contributed by atoms with Crippen LogP contribution in [-0.4, -0.2) is 58.1 Å². The molecule has 4 rings (SSSR count). The molecule has 2 fully saturated rings. The van der Waals surface area contributed by atoms with Crippen molar-refractivity contribution in [2.45, 2.75) is 17.5 Å². The maximum Gasteiger partial charge on any atom is 0.315 e. The second-order valence-electron chi connectivity index (χ2n) is 7.87. The predicted octanol–water partition coefficient (Wildman–Crippen LogP) is 1.38. The number of benzene rings is 2. The molecule has 8 nitrogen and oxygen atoms in total. The Balaban J connectivity index is 1.39. The van der Waals surface area contributed by atoms with Gasteiger partial charge in [0.15, 0.2) is 0 Å². The lowest BCUT2D eigenvalue weighted by molar-refractivity contribution is -0.160. The minimum Gasteiger partial charge on any atom is -0.492 e. The molecule has 0 aliphatic carbocycles. The van der Waals surface area contributed by atoms with E-state index in [-0.39, 0.29) is 35.9 Å². The minimum absolute atomic E-state index is 0.0642. The molecular formula is C22H22FN3O5S. The fourth-order valence-electron chi connectivity index (χ4n) is 3.74. The molecule has 0 radical (unpaired) electrons. The summed E-state index contributed by atoms with van der Waals surface area (Å²) in [7, 11) is 0. The lowest BCUT2D eigenvalue weighted by Gasteiger charge is -2.53. The molecule has 0 bridgehead atoms. The molecular weight excluding hydrogens is 437 g/mol. The number of hydrogen-bond acceptors (Lipinski definition) is 6. The van der Waals surface area contributed by atoms with E-state index in [2.05, 4.69) is 5.32 Å². The third kappa shape index (κ3) is 4.15. The topological polar surface area (TPSA) is 122 Å². The zero-order chi connectivity index (χ0) is 22.9. The van der Waals surface area contributed by atoms with E-state index in [9.17, 15) is 23.9 Å². The first kappa shape index (κ1) is 22.1. The number of halogens is 1. The van der Waals surface area contributed by atoms with Crippen LogP contribution in [0.2, 0.25) is 0 Å². The number of β-lactam (4-membered cyclic amide) rings is 1. The van der Waals surface area contributed by atoms with E-state index in [1.165, 1.54) is 40.9 Å². The van der Waals surface area contributed by atoms with Crippen LogP contribution < -0.4 is 15.8 Å². The van der Waals surface area contributed by atoms with Crippen LogP contribution in [0, 0.1) is 11.2 Å². The van der Waals surface area contributed by atoms with Crippen molar-refractivity contribution >= 4 is 29.5 Å². The van der Waals surface area contributed by atoms with Crippen molar-refractivity contribution in [2.24, 2.45) is 11.1 Å². The largest absolute Gasteiger partial charge is 0.492 e. The molecule has 2 amide bonds. The van der Waals surface area contributed by atoms with Gasteiger partial charge in [0.1, 0.15) is 41.0 Å². The summed E-state index contributed by atoms with van der Waals surface area (Å²) in [6.07, 6.45) is 0. The molecule has 3 unspecified atom stereocenters. The molecule has 2 saturated heterocycles. The van der Waals surface area contributed by atoms with Gasteiger partial charge >= 0.3 is 5.97 Å². The number of ether oxygens (including phenoxy) is 1. The van der Waals surface area contributed by atoms with Gasteiger partial charge in [-0.1, -0.05) is 36.4 Å². The number of nitrogens with one attached hydrogen (secondary N) is 1. The summed E-state index contributed by atoms with van der Waals surface area (Å²) >= 11 is 1.26. The monoisotopic (exact) mass is 459 g/mol. The number of aliphatic carboxylic acids is 1. The third-order valence-electron chi connectivity index (χ3n) is 5.65. The van der Waals surface area contributed by atoms with E-state index in [1.54, 1.807) is 24.3 Å². The number of thioether (sulfide) groups is 1.